The standard InChI is InChI=1S/C35H26/c1-4-22-19-23-20-34-30(21-29(23)26-14-8-7-13-25(22)26)28-16-10-12-18-33(28)35(34)31(6-3)24(5-2)27-15-9-11-17-32(27)35/h4-18,20-21H,2-3,19H2,1H3/b22-4-. The average Bonchev–Trinajstić information content (AvgIpc) is 3.37. The highest BCUT2D eigenvalue weighted by molar-refractivity contribution is 6.00. The highest BCUT2D eigenvalue weighted by Crippen LogP contribution is 2.63. The molecule has 166 valence electrons. The first-order valence-corrected chi connectivity index (χ1v) is 12.4. The van der Waals surface area contributed by atoms with Crippen LogP contribution >= 0.6 is 0 Å². The summed E-state index contributed by atoms with van der Waals surface area (Å²) in [7, 11) is 0. The van der Waals surface area contributed by atoms with Gasteiger partial charge < -0.3 is 0 Å². The Hall–Kier alpha value is -4.16. The Morgan fingerprint density at radius 2 is 1.26 bits per heavy atom. The minimum absolute atomic E-state index is 0.365. The Bertz CT molecular complexity index is 1660. The molecular formula is C35H26. The van der Waals surface area contributed by atoms with Crippen LogP contribution in [0.3, 0.4) is 0 Å². The smallest absolute Gasteiger partial charge is 0.0725 e. The van der Waals surface area contributed by atoms with E-state index in [0.717, 1.165) is 6.42 Å². The third-order valence-corrected chi connectivity index (χ3v) is 8.28. The summed E-state index contributed by atoms with van der Waals surface area (Å²) in [6.07, 6.45) is 7.30. The molecule has 3 aliphatic carbocycles. The van der Waals surface area contributed by atoms with Crippen LogP contribution in [0.2, 0.25) is 0 Å². The number of fused-ring (bicyclic) bond motifs is 10. The molecule has 0 nitrogen and oxygen atoms in total. The molecule has 35 heavy (non-hydrogen) atoms. The Morgan fingerprint density at radius 3 is 1.94 bits per heavy atom. The van der Waals surface area contributed by atoms with Crippen molar-refractivity contribution in [2.24, 2.45) is 0 Å². The molecule has 0 saturated carbocycles. The van der Waals surface area contributed by atoms with Gasteiger partial charge in [0.25, 0.3) is 0 Å². The molecular weight excluding hydrogens is 420 g/mol. The van der Waals surface area contributed by atoms with Crippen molar-refractivity contribution in [3.63, 3.8) is 0 Å². The average molecular weight is 447 g/mol. The number of rotatable bonds is 2. The Balaban J connectivity index is 1.64. The molecule has 0 heteroatoms. The Kier molecular flexibility index (Phi) is 4.14. The summed E-state index contributed by atoms with van der Waals surface area (Å²) in [6.45, 7) is 10.7. The largest absolute Gasteiger partial charge is 0.0987 e. The van der Waals surface area contributed by atoms with Crippen molar-refractivity contribution in [3.05, 3.63) is 155 Å². The van der Waals surface area contributed by atoms with Crippen LogP contribution in [0.15, 0.2) is 122 Å². The van der Waals surface area contributed by atoms with Gasteiger partial charge in [0.05, 0.1) is 5.41 Å². The Morgan fingerprint density at radius 1 is 0.629 bits per heavy atom. The van der Waals surface area contributed by atoms with Crippen molar-refractivity contribution in [2.75, 3.05) is 0 Å². The molecule has 0 radical (unpaired) electrons. The minimum Gasteiger partial charge on any atom is -0.0987 e. The lowest BCUT2D eigenvalue weighted by Crippen LogP contribution is -2.27. The van der Waals surface area contributed by atoms with Crippen molar-refractivity contribution >= 4 is 11.1 Å². The summed E-state index contributed by atoms with van der Waals surface area (Å²) >= 11 is 0. The maximum atomic E-state index is 4.32. The molecule has 0 amide bonds. The van der Waals surface area contributed by atoms with Crippen LogP contribution in [0.25, 0.3) is 33.4 Å². The lowest BCUT2D eigenvalue weighted by atomic mass is 9.68. The van der Waals surface area contributed by atoms with Crippen LogP contribution in [-0.2, 0) is 11.8 Å². The van der Waals surface area contributed by atoms with E-state index in [1.807, 2.05) is 6.08 Å². The van der Waals surface area contributed by atoms with Crippen LogP contribution in [-0.4, -0.2) is 0 Å². The zero-order valence-corrected chi connectivity index (χ0v) is 19.9. The molecule has 1 spiro atoms. The SMILES string of the molecule is C=CC1=C(C=C)C2(c3ccccc31)c1ccccc1-c1cc3c(cc12)C/C(=C/C)c1ccccc1-3. The number of allylic oxidation sites excluding steroid dienone is 6. The van der Waals surface area contributed by atoms with E-state index in [-0.39, 0.29) is 5.41 Å². The zero-order valence-electron chi connectivity index (χ0n) is 19.9. The summed E-state index contributed by atoms with van der Waals surface area (Å²) in [5.41, 5.74) is 16.9. The molecule has 1 unspecified atom stereocenters. The van der Waals surface area contributed by atoms with Crippen LogP contribution in [0, 0.1) is 0 Å². The number of hydrogen-bond donors (Lipinski definition) is 0. The zero-order chi connectivity index (χ0) is 23.7. The van der Waals surface area contributed by atoms with Crippen molar-refractivity contribution in [1.82, 2.24) is 0 Å². The van der Waals surface area contributed by atoms with Crippen molar-refractivity contribution < 1.29 is 0 Å². The van der Waals surface area contributed by atoms with Gasteiger partial charge in [-0.15, -0.1) is 0 Å². The van der Waals surface area contributed by atoms with E-state index in [1.54, 1.807) is 0 Å². The van der Waals surface area contributed by atoms with E-state index in [2.05, 4.69) is 117 Å². The molecule has 4 aromatic carbocycles. The minimum atomic E-state index is -0.365. The van der Waals surface area contributed by atoms with E-state index in [4.69, 9.17) is 0 Å². The van der Waals surface area contributed by atoms with Crippen molar-refractivity contribution in [2.45, 2.75) is 18.8 Å². The van der Waals surface area contributed by atoms with E-state index in [9.17, 15) is 0 Å². The lowest BCUT2D eigenvalue weighted by molar-refractivity contribution is 0.785. The maximum absolute atomic E-state index is 4.32. The van der Waals surface area contributed by atoms with E-state index in [1.165, 1.54) is 72.4 Å². The molecule has 3 aliphatic rings. The summed E-state index contributed by atoms with van der Waals surface area (Å²) in [5.74, 6) is 0. The lowest BCUT2D eigenvalue weighted by Gasteiger charge is -2.32. The normalized spacial score (nSPS) is 19.7. The van der Waals surface area contributed by atoms with Gasteiger partial charge in [-0.3, -0.25) is 0 Å². The fourth-order valence-electron chi connectivity index (χ4n) is 6.92. The molecule has 0 heterocycles. The van der Waals surface area contributed by atoms with Gasteiger partial charge >= 0.3 is 0 Å². The first-order valence-electron chi connectivity index (χ1n) is 12.4. The molecule has 0 aliphatic heterocycles. The summed E-state index contributed by atoms with van der Waals surface area (Å²) in [4.78, 5) is 0. The van der Waals surface area contributed by atoms with E-state index < -0.39 is 0 Å². The van der Waals surface area contributed by atoms with Crippen LogP contribution < -0.4 is 0 Å². The van der Waals surface area contributed by atoms with Crippen molar-refractivity contribution in [3.8, 4) is 22.3 Å². The highest BCUT2D eigenvalue weighted by atomic mass is 14.5. The van der Waals surface area contributed by atoms with Gasteiger partial charge in [0.1, 0.15) is 0 Å². The van der Waals surface area contributed by atoms with Crippen molar-refractivity contribution in [1.29, 1.82) is 0 Å². The highest BCUT2D eigenvalue weighted by Gasteiger charge is 2.52. The maximum Gasteiger partial charge on any atom is 0.0725 e. The molecule has 0 bridgehead atoms. The summed E-state index contributed by atoms with van der Waals surface area (Å²) in [6, 6.07) is 31.6. The second-order valence-electron chi connectivity index (χ2n) is 9.67. The van der Waals surface area contributed by atoms with Gasteiger partial charge in [-0.05, 0) is 91.8 Å². The molecule has 0 fully saturated rings. The third kappa shape index (κ3) is 2.37. The fourth-order valence-corrected chi connectivity index (χ4v) is 6.92. The van der Waals surface area contributed by atoms with E-state index in [0.29, 0.717) is 0 Å². The first kappa shape index (κ1) is 20.2. The van der Waals surface area contributed by atoms with Gasteiger partial charge in [-0.2, -0.15) is 0 Å². The van der Waals surface area contributed by atoms with Gasteiger partial charge in [0.2, 0.25) is 0 Å². The summed E-state index contributed by atoms with van der Waals surface area (Å²) < 4.78 is 0. The predicted octanol–water partition coefficient (Wildman–Crippen LogP) is 8.77. The van der Waals surface area contributed by atoms with Gasteiger partial charge in [-0.1, -0.05) is 110 Å². The van der Waals surface area contributed by atoms with Crippen LogP contribution in [0.4, 0.5) is 0 Å². The molecule has 0 N–H and O–H groups in total. The van der Waals surface area contributed by atoms with E-state index >= 15 is 0 Å². The number of benzene rings is 4. The molecule has 1 atom stereocenters. The predicted molar refractivity (Wildman–Crippen MR) is 148 cm³/mol. The molecule has 7 rings (SSSR count). The molecule has 0 saturated heterocycles. The monoisotopic (exact) mass is 446 g/mol. The molecule has 0 aromatic heterocycles. The quantitative estimate of drug-likeness (QED) is 0.289. The van der Waals surface area contributed by atoms with Gasteiger partial charge in [0, 0.05) is 0 Å². The van der Waals surface area contributed by atoms with Crippen LogP contribution in [0.5, 0.6) is 0 Å². The topological polar surface area (TPSA) is 0 Å². The third-order valence-electron chi connectivity index (χ3n) is 8.28. The van der Waals surface area contributed by atoms with Gasteiger partial charge in [-0.25, -0.2) is 0 Å². The molecule has 4 aromatic rings. The fraction of sp³-hybridized carbons (Fsp3) is 0.0857. The Labute approximate surface area is 207 Å². The first-order chi connectivity index (χ1) is 17.2. The second-order valence-corrected chi connectivity index (χ2v) is 9.67. The second kappa shape index (κ2) is 7.17. The van der Waals surface area contributed by atoms with Crippen LogP contribution in [0.1, 0.15) is 40.3 Å². The summed E-state index contributed by atoms with van der Waals surface area (Å²) in [5, 5.41) is 0. The number of hydrogen-bond acceptors (Lipinski definition) is 0. The van der Waals surface area contributed by atoms with Gasteiger partial charge in [0.15, 0.2) is 0 Å².